The average Bonchev–Trinajstić information content (AvgIpc) is 3.77. The molecule has 5 nitrogen and oxygen atoms in total. The highest BCUT2D eigenvalue weighted by atomic mass is 16.3. The standard InChI is InChI=1S/C46H36N4O/c1-45(2,3)28-16-19-37-33(23-28)34-24-29(46(4,5)6)17-20-38(34)49(37)41-25-40(27(26-47)22-35(41)48-7)50-36-14-10-8-13-32(36)43-39(50)21-18-31-30-12-9-11-15-42(30)51-44(31)43/h8-25H,1-6H3. The topological polar surface area (TPSA) is 51.1 Å². The van der Waals surface area contributed by atoms with Crippen LogP contribution in [-0.2, 0) is 10.8 Å². The number of nitriles is 1. The first kappa shape index (κ1) is 30.7. The lowest BCUT2D eigenvalue weighted by molar-refractivity contribution is 0.590. The molecular weight excluding hydrogens is 625 g/mol. The molecule has 0 radical (unpaired) electrons. The number of aromatic nitrogens is 2. The van der Waals surface area contributed by atoms with Gasteiger partial charge in [-0.2, -0.15) is 5.26 Å². The van der Waals surface area contributed by atoms with Crippen molar-refractivity contribution in [2.45, 2.75) is 52.4 Å². The van der Waals surface area contributed by atoms with Gasteiger partial charge in [-0.15, -0.1) is 0 Å². The minimum Gasteiger partial charge on any atom is -0.455 e. The SMILES string of the molecule is [C-]#[N+]c1cc(C#N)c(-n2c3ccccc3c3c4oc5ccccc5c4ccc32)cc1-n1c2ccc(C(C)(C)C)cc2c2cc(C(C)(C)C)ccc21. The highest BCUT2D eigenvalue weighted by molar-refractivity contribution is 6.24. The largest absolute Gasteiger partial charge is 0.455 e. The summed E-state index contributed by atoms with van der Waals surface area (Å²) in [5, 5.41) is 17.1. The van der Waals surface area contributed by atoms with E-state index in [2.05, 4.69) is 128 Å². The number of benzene rings is 6. The molecule has 9 rings (SSSR count). The van der Waals surface area contributed by atoms with Crippen molar-refractivity contribution in [1.82, 2.24) is 9.13 Å². The van der Waals surface area contributed by atoms with Gasteiger partial charge < -0.3 is 13.6 Å². The molecule has 0 saturated carbocycles. The number of hydrogen-bond acceptors (Lipinski definition) is 2. The monoisotopic (exact) mass is 660 g/mol. The van der Waals surface area contributed by atoms with E-state index in [-0.39, 0.29) is 10.8 Å². The fourth-order valence-corrected chi connectivity index (χ4v) is 7.82. The summed E-state index contributed by atoms with van der Waals surface area (Å²) in [6.07, 6.45) is 0. The molecule has 0 saturated heterocycles. The van der Waals surface area contributed by atoms with Gasteiger partial charge in [0.1, 0.15) is 11.2 Å². The van der Waals surface area contributed by atoms with Gasteiger partial charge in [0.05, 0.1) is 57.0 Å². The van der Waals surface area contributed by atoms with Crippen LogP contribution < -0.4 is 0 Å². The molecule has 9 aromatic rings. The summed E-state index contributed by atoms with van der Waals surface area (Å²) >= 11 is 0. The maximum Gasteiger partial charge on any atom is 0.212 e. The Balaban J connectivity index is 1.40. The quantitative estimate of drug-likeness (QED) is 0.173. The van der Waals surface area contributed by atoms with E-state index in [4.69, 9.17) is 11.0 Å². The molecule has 0 aliphatic carbocycles. The molecule has 0 spiro atoms. The predicted molar refractivity (Wildman–Crippen MR) is 211 cm³/mol. The van der Waals surface area contributed by atoms with Gasteiger partial charge >= 0.3 is 0 Å². The first-order valence-corrected chi connectivity index (χ1v) is 17.4. The highest BCUT2D eigenvalue weighted by Gasteiger charge is 2.25. The molecule has 0 bridgehead atoms. The Labute approximate surface area is 296 Å². The Morgan fingerprint density at radius 2 is 1.16 bits per heavy atom. The number of fused-ring (bicyclic) bond motifs is 10. The van der Waals surface area contributed by atoms with Crippen LogP contribution in [0.15, 0.2) is 114 Å². The molecule has 0 atom stereocenters. The normalized spacial score (nSPS) is 12.5. The fourth-order valence-electron chi connectivity index (χ4n) is 7.82. The van der Waals surface area contributed by atoms with Gasteiger partial charge in [-0.3, -0.25) is 0 Å². The van der Waals surface area contributed by atoms with Gasteiger partial charge in [0.2, 0.25) is 5.69 Å². The fraction of sp³-hybridized carbons (Fsp3) is 0.174. The third kappa shape index (κ3) is 4.45. The number of rotatable bonds is 2. The summed E-state index contributed by atoms with van der Waals surface area (Å²) in [6.45, 7) is 21.8. The van der Waals surface area contributed by atoms with Gasteiger partial charge in [-0.25, -0.2) is 4.85 Å². The predicted octanol–water partition coefficient (Wildman–Crippen LogP) is 12.8. The van der Waals surface area contributed by atoms with Crippen molar-refractivity contribution in [2.24, 2.45) is 0 Å². The van der Waals surface area contributed by atoms with Crippen LogP contribution in [0, 0.1) is 17.9 Å². The van der Waals surface area contributed by atoms with Crippen molar-refractivity contribution in [3.63, 3.8) is 0 Å². The van der Waals surface area contributed by atoms with Gasteiger partial charge in [-0.05, 0) is 82.6 Å². The zero-order chi connectivity index (χ0) is 35.4. The minimum absolute atomic E-state index is 0.0324. The minimum atomic E-state index is -0.0324. The van der Waals surface area contributed by atoms with Crippen LogP contribution in [0.1, 0.15) is 58.2 Å². The van der Waals surface area contributed by atoms with Gasteiger partial charge in [0, 0.05) is 26.9 Å². The summed E-state index contributed by atoms with van der Waals surface area (Å²) in [4.78, 5) is 4.03. The van der Waals surface area contributed by atoms with Crippen LogP contribution in [0.3, 0.4) is 0 Å². The third-order valence-electron chi connectivity index (χ3n) is 10.5. The lowest BCUT2D eigenvalue weighted by atomic mass is 9.85. The molecule has 0 aliphatic rings. The second kappa shape index (κ2) is 10.6. The van der Waals surface area contributed by atoms with Crippen LogP contribution in [0.5, 0.6) is 0 Å². The molecule has 246 valence electrons. The first-order chi connectivity index (χ1) is 24.5. The van der Waals surface area contributed by atoms with Crippen molar-refractivity contribution in [3.8, 4) is 17.4 Å². The van der Waals surface area contributed by atoms with E-state index >= 15 is 0 Å². The molecule has 3 heterocycles. The first-order valence-electron chi connectivity index (χ1n) is 17.4. The third-order valence-corrected chi connectivity index (χ3v) is 10.5. The molecule has 0 N–H and O–H groups in total. The molecule has 3 aromatic heterocycles. The van der Waals surface area contributed by atoms with Crippen LogP contribution in [0.4, 0.5) is 5.69 Å². The van der Waals surface area contributed by atoms with Gasteiger partial charge in [-0.1, -0.05) is 90.1 Å². The number of hydrogen-bond donors (Lipinski definition) is 0. The summed E-state index contributed by atoms with van der Waals surface area (Å²) in [5.41, 5.74) is 10.4. The van der Waals surface area contributed by atoms with Crippen molar-refractivity contribution in [2.75, 3.05) is 0 Å². The van der Waals surface area contributed by atoms with Crippen LogP contribution in [-0.4, -0.2) is 9.13 Å². The van der Waals surface area contributed by atoms with Gasteiger partial charge in [0.15, 0.2) is 0 Å². The van der Waals surface area contributed by atoms with Gasteiger partial charge in [0.25, 0.3) is 0 Å². The van der Waals surface area contributed by atoms with E-state index in [1.54, 1.807) is 6.07 Å². The second-order valence-corrected chi connectivity index (χ2v) is 15.7. The number of nitrogens with zero attached hydrogens (tertiary/aromatic N) is 4. The molecule has 0 aliphatic heterocycles. The average molecular weight is 661 g/mol. The molecule has 5 heteroatoms. The van der Waals surface area contributed by atoms with Crippen molar-refractivity contribution in [1.29, 1.82) is 5.26 Å². The lowest BCUT2D eigenvalue weighted by Gasteiger charge is -2.19. The van der Waals surface area contributed by atoms with Crippen LogP contribution in [0.2, 0.25) is 0 Å². The zero-order valence-electron chi connectivity index (χ0n) is 29.6. The maximum atomic E-state index is 10.6. The van der Waals surface area contributed by atoms with E-state index in [0.29, 0.717) is 16.9 Å². The Morgan fingerprint density at radius 3 is 1.78 bits per heavy atom. The second-order valence-electron chi connectivity index (χ2n) is 15.7. The molecule has 0 fully saturated rings. The zero-order valence-corrected chi connectivity index (χ0v) is 29.6. The number of furan rings is 1. The van der Waals surface area contributed by atoms with E-state index in [1.807, 2.05) is 36.4 Å². The smallest absolute Gasteiger partial charge is 0.212 e. The Morgan fingerprint density at radius 1 is 0.588 bits per heavy atom. The van der Waals surface area contributed by atoms with E-state index in [1.165, 1.54) is 11.1 Å². The summed E-state index contributed by atoms with van der Waals surface area (Å²) in [7, 11) is 0. The van der Waals surface area contributed by atoms with E-state index in [9.17, 15) is 5.26 Å². The molecule has 0 unspecified atom stereocenters. The van der Waals surface area contributed by atoms with E-state index in [0.717, 1.165) is 71.2 Å². The van der Waals surface area contributed by atoms with Crippen molar-refractivity contribution < 1.29 is 4.42 Å². The lowest BCUT2D eigenvalue weighted by Crippen LogP contribution is -2.10. The van der Waals surface area contributed by atoms with Crippen LogP contribution in [0.25, 0.3) is 81.8 Å². The highest BCUT2D eigenvalue weighted by Crippen LogP contribution is 2.44. The van der Waals surface area contributed by atoms with E-state index < -0.39 is 0 Å². The van der Waals surface area contributed by atoms with Crippen molar-refractivity contribution >= 4 is 71.2 Å². The maximum absolute atomic E-state index is 10.6. The van der Waals surface area contributed by atoms with Crippen LogP contribution >= 0.6 is 0 Å². The molecule has 0 amide bonds. The summed E-state index contributed by atoms with van der Waals surface area (Å²) in [5.74, 6) is 0. The number of para-hydroxylation sites is 2. The molecule has 6 aromatic carbocycles. The molecular formula is C46H36N4O. The molecule has 51 heavy (non-hydrogen) atoms. The Bertz CT molecular complexity index is 2940. The summed E-state index contributed by atoms with van der Waals surface area (Å²) in [6, 6.07) is 40.3. The van der Waals surface area contributed by atoms with Crippen molar-refractivity contribution in [3.05, 3.63) is 137 Å². The summed E-state index contributed by atoms with van der Waals surface area (Å²) < 4.78 is 10.9. The Kier molecular flexibility index (Phi) is 6.39. The Hall–Kier alpha value is -6.30.